The number of anilines is 1. The summed E-state index contributed by atoms with van der Waals surface area (Å²) in [6.45, 7) is 3.15. The first-order valence-electron chi connectivity index (χ1n) is 6.95. The Labute approximate surface area is 134 Å². The number of hydrogen-bond donors (Lipinski definition) is 1. The van der Waals surface area contributed by atoms with Crippen LogP contribution in [-0.4, -0.2) is 18.6 Å². The van der Waals surface area contributed by atoms with Gasteiger partial charge in [0.1, 0.15) is 11.5 Å². The molecule has 3 aromatic rings. The highest BCUT2D eigenvalue weighted by molar-refractivity contribution is 7.92. The Balaban J connectivity index is 2.05. The summed E-state index contributed by atoms with van der Waals surface area (Å²) in [4.78, 5) is 4.21. The zero-order valence-electron chi connectivity index (χ0n) is 12.6. The highest BCUT2D eigenvalue weighted by atomic mass is 32.2. The molecule has 0 amide bonds. The Kier molecular flexibility index (Phi) is 3.87. The van der Waals surface area contributed by atoms with Crippen molar-refractivity contribution in [3.05, 3.63) is 60.1 Å². The van der Waals surface area contributed by atoms with Gasteiger partial charge in [-0.3, -0.25) is 4.72 Å². The molecular formula is C16H15N3O3S. The highest BCUT2D eigenvalue weighted by Crippen LogP contribution is 2.28. The van der Waals surface area contributed by atoms with Crippen molar-refractivity contribution in [2.75, 3.05) is 4.72 Å². The summed E-state index contributed by atoms with van der Waals surface area (Å²) >= 11 is 0. The predicted octanol–water partition coefficient (Wildman–Crippen LogP) is 3.15. The van der Waals surface area contributed by atoms with Crippen LogP contribution in [0.4, 0.5) is 5.82 Å². The number of hydrogen-bond acceptors (Lipinski definition) is 5. The SMILES string of the molecule is Cc1noc(C)c1S(=O)(=O)Nc1ncccc1-c1ccccc1. The molecule has 1 N–H and O–H groups in total. The zero-order chi connectivity index (χ0) is 16.4. The van der Waals surface area contributed by atoms with Crippen molar-refractivity contribution in [3.8, 4) is 11.1 Å². The molecule has 0 aliphatic heterocycles. The monoisotopic (exact) mass is 329 g/mol. The first-order valence-corrected chi connectivity index (χ1v) is 8.43. The maximum Gasteiger partial charge on any atom is 0.268 e. The largest absolute Gasteiger partial charge is 0.360 e. The normalized spacial score (nSPS) is 11.4. The Morgan fingerprint density at radius 2 is 1.78 bits per heavy atom. The van der Waals surface area contributed by atoms with Gasteiger partial charge in [-0.25, -0.2) is 13.4 Å². The fraction of sp³-hybridized carbons (Fsp3) is 0.125. The number of sulfonamides is 1. The average Bonchev–Trinajstić information content (AvgIpc) is 2.88. The number of rotatable bonds is 4. The van der Waals surface area contributed by atoms with Crippen LogP contribution in [0, 0.1) is 13.8 Å². The van der Waals surface area contributed by atoms with Gasteiger partial charge < -0.3 is 4.52 Å². The zero-order valence-corrected chi connectivity index (χ0v) is 13.5. The lowest BCUT2D eigenvalue weighted by molar-refractivity contribution is 0.390. The van der Waals surface area contributed by atoms with Crippen molar-refractivity contribution >= 4 is 15.8 Å². The molecule has 0 atom stereocenters. The van der Waals surface area contributed by atoms with Gasteiger partial charge in [0.05, 0.1) is 0 Å². The lowest BCUT2D eigenvalue weighted by atomic mass is 10.1. The van der Waals surface area contributed by atoms with Gasteiger partial charge >= 0.3 is 0 Å². The van der Waals surface area contributed by atoms with Crippen molar-refractivity contribution in [2.45, 2.75) is 18.7 Å². The third kappa shape index (κ3) is 2.95. The molecule has 1 aromatic carbocycles. The van der Waals surface area contributed by atoms with E-state index >= 15 is 0 Å². The van der Waals surface area contributed by atoms with Crippen LogP contribution in [0.15, 0.2) is 58.1 Å². The van der Waals surface area contributed by atoms with E-state index in [0.717, 1.165) is 5.56 Å². The van der Waals surface area contributed by atoms with Crippen LogP contribution in [0.25, 0.3) is 11.1 Å². The third-order valence-corrected chi connectivity index (χ3v) is 4.94. The van der Waals surface area contributed by atoms with E-state index in [9.17, 15) is 8.42 Å². The molecule has 0 saturated carbocycles. The summed E-state index contributed by atoms with van der Waals surface area (Å²) in [7, 11) is -3.83. The summed E-state index contributed by atoms with van der Waals surface area (Å²) < 4.78 is 32.7. The summed E-state index contributed by atoms with van der Waals surface area (Å²) in [6, 6.07) is 13.0. The second-order valence-corrected chi connectivity index (χ2v) is 6.64. The fourth-order valence-corrected chi connectivity index (χ4v) is 3.74. The topological polar surface area (TPSA) is 85.1 Å². The van der Waals surface area contributed by atoms with Crippen molar-refractivity contribution < 1.29 is 12.9 Å². The number of nitrogens with zero attached hydrogens (tertiary/aromatic N) is 2. The molecule has 0 radical (unpaired) electrons. The maximum atomic E-state index is 12.6. The van der Waals surface area contributed by atoms with E-state index in [1.165, 1.54) is 6.20 Å². The molecule has 2 heterocycles. The summed E-state index contributed by atoms with van der Waals surface area (Å²) in [5, 5.41) is 3.69. The molecule has 0 saturated heterocycles. The summed E-state index contributed by atoms with van der Waals surface area (Å²) in [5.74, 6) is 0.505. The number of aromatic nitrogens is 2. The van der Waals surface area contributed by atoms with Gasteiger partial charge in [0.15, 0.2) is 10.7 Å². The van der Waals surface area contributed by atoms with Gasteiger partial charge in [-0.1, -0.05) is 35.5 Å². The van der Waals surface area contributed by atoms with E-state index < -0.39 is 10.0 Å². The Bertz CT molecular complexity index is 915. The maximum absolute atomic E-state index is 12.6. The molecule has 7 heteroatoms. The minimum atomic E-state index is -3.83. The van der Waals surface area contributed by atoms with Gasteiger partial charge in [-0.05, 0) is 31.5 Å². The van der Waals surface area contributed by atoms with E-state index in [1.807, 2.05) is 36.4 Å². The van der Waals surface area contributed by atoms with Crippen molar-refractivity contribution in [1.29, 1.82) is 0 Å². The molecule has 0 unspecified atom stereocenters. The van der Waals surface area contributed by atoms with Gasteiger partial charge in [0.25, 0.3) is 10.0 Å². The van der Waals surface area contributed by atoms with Crippen molar-refractivity contribution in [2.24, 2.45) is 0 Å². The molecular weight excluding hydrogens is 314 g/mol. The fourth-order valence-electron chi connectivity index (χ4n) is 2.37. The van der Waals surface area contributed by atoms with E-state index in [1.54, 1.807) is 19.9 Å². The van der Waals surface area contributed by atoms with Crippen molar-refractivity contribution in [1.82, 2.24) is 10.1 Å². The van der Waals surface area contributed by atoms with Crippen LogP contribution in [-0.2, 0) is 10.0 Å². The molecule has 0 aliphatic carbocycles. The first-order chi connectivity index (χ1) is 11.0. The molecule has 6 nitrogen and oxygen atoms in total. The van der Waals surface area contributed by atoms with Crippen LogP contribution in [0.2, 0.25) is 0 Å². The molecule has 23 heavy (non-hydrogen) atoms. The Morgan fingerprint density at radius 1 is 1.04 bits per heavy atom. The van der Waals surface area contributed by atoms with E-state index in [0.29, 0.717) is 11.3 Å². The van der Waals surface area contributed by atoms with Gasteiger partial charge in [-0.15, -0.1) is 0 Å². The quantitative estimate of drug-likeness (QED) is 0.794. The van der Waals surface area contributed by atoms with Crippen LogP contribution in [0.1, 0.15) is 11.5 Å². The summed E-state index contributed by atoms with van der Waals surface area (Å²) in [5.41, 5.74) is 1.88. The van der Waals surface area contributed by atoms with Crippen LogP contribution < -0.4 is 4.72 Å². The first kappa shape index (κ1) is 15.2. The number of pyridine rings is 1. The Morgan fingerprint density at radius 3 is 2.43 bits per heavy atom. The minimum Gasteiger partial charge on any atom is -0.360 e. The van der Waals surface area contributed by atoms with Gasteiger partial charge in [-0.2, -0.15) is 0 Å². The molecule has 0 aliphatic rings. The second-order valence-electron chi connectivity index (χ2n) is 5.02. The minimum absolute atomic E-state index is 0.0437. The van der Waals surface area contributed by atoms with Crippen LogP contribution >= 0.6 is 0 Å². The highest BCUT2D eigenvalue weighted by Gasteiger charge is 2.25. The number of nitrogens with one attached hydrogen (secondary N) is 1. The van der Waals surface area contributed by atoms with Crippen LogP contribution in [0.3, 0.4) is 0 Å². The predicted molar refractivity (Wildman–Crippen MR) is 86.5 cm³/mol. The van der Waals surface area contributed by atoms with Gasteiger partial charge in [0.2, 0.25) is 0 Å². The van der Waals surface area contributed by atoms with Crippen molar-refractivity contribution in [3.63, 3.8) is 0 Å². The number of benzene rings is 1. The number of aryl methyl sites for hydroxylation is 2. The van der Waals surface area contributed by atoms with Crippen LogP contribution in [0.5, 0.6) is 0 Å². The van der Waals surface area contributed by atoms with Gasteiger partial charge in [0, 0.05) is 11.8 Å². The molecule has 0 fully saturated rings. The molecule has 3 rings (SSSR count). The second kappa shape index (κ2) is 5.85. The Hall–Kier alpha value is -2.67. The molecule has 0 spiro atoms. The lowest BCUT2D eigenvalue weighted by Gasteiger charge is -2.11. The average molecular weight is 329 g/mol. The standard InChI is InChI=1S/C16H15N3O3S/c1-11-15(12(2)22-18-11)23(20,21)19-16-14(9-6-10-17-16)13-7-4-3-5-8-13/h3-10H,1-2H3,(H,17,19). The van der Waals surface area contributed by atoms with E-state index in [-0.39, 0.29) is 16.5 Å². The smallest absolute Gasteiger partial charge is 0.268 e. The molecule has 118 valence electrons. The third-order valence-electron chi connectivity index (χ3n) is 3.36. The van der Waals surface area contributed by atoms with E-state index in [2.05, 4.69) is 14.9 Å². The lowest BCUT2D eigenvalue weighted by Crippen LogP contribution is -2.16. The van der Waals surface area contributed by atoms with E-state index in [4.69, 9.17) is 4.52 Å². The molecule has 0 bridgehead atoms. The molecule has 2 aromatic heterocycles. The summed E-state index contributed by atoms with van der Waals surface area (Å²) in [6.07, 6.45) is 1.54.